The number of hydrogen-bond acceptors (Lipinski definition) is 6. The van der Waals surface area contributed by atoms with Crippen LogP contribution in [0.4, 0.5) is 0 Å². The van der Waals surface area contributed by atoms with Crippen molar-refractivity contribution in [1.29, 1.82) is 0 Å². The summed E-state index contributed by atoms with van der Waals surface area (Å²) in [4.78, 5) is 38.3. The second-order valence-electron chi connectivity index (χ2n) is 20.6. The molecule has 0 N–H and O–H groups in total. The van der Waals surface area contributed by atoms with E-state index in [9.17, 15) is 14.4 Å². The average molecular weight is 994 g/mol. The molecule has 0 aromatic heterocycles. The minimum Gasteiger partial charge on any atom is -0.462 e. The van der Waals surface area contributed by atoms with Crippen LogP contribution in [0.5, 0.6) is 0 Å². The number of rotatable bonds is 56. The summed E-state index contributed by atoms with van der Waals surface area (Å²) in [5.74, 6) is -0.897. The molecule has 0 aliphatic rings. The quantitative estimate of drug-likeness (QED) is 0.0261. The molecule has 412 valence electrons. The Morgan fingerprint density at radius 2 is 0.507 bits per heavy atom. The van der Waals surface area contributed by atoms with Crippen LogP contribution in [0.25, 0.3) is 0 Å². The number of esters is 3. The van der Waals surface area contributed by atoms with Gasteiger partial charge < -0.3 is 14.2 Å². The molecule has 0 saturated heterocycles. The van der Waals surface area contributed by atoms with Gasteiger partial charge in [0.15, 0.2) is 6.10 Å². The lowest BCUT2D eigenvalue weighted by Crippen LogP contribution is -2.30. The molecule has 0 amide bonds. The van der Waals surface area contributed by atoms with E-state index in [-0.39, 0.29) is 31.1 Å². The molecule has 71 heavy (non-hydrogen) atoms. The van der Waals surface area contributed by atoms with E-state index in [2.05, 4.69) is 81.5 Å². The Morgan fingerprint density at radius 3 is 0.817 bits per heavy atom. The maximum atomic E-state index is 12.9. The summed E-state index contributed by atoms with van der Waals surface area (Å²) in [5, 5.41) is 0. The number of hydrogen-bond donors (Lipinski definition) is 0. The predicted octanol–water partition coefficient (Wildman–Crippen LogP) is 20.8. The maximum absolute atomic E-state index is 12.9. The zero-order chi connectivity index (χ0) is 51.4. The summed E-state index contributed by atoms with van der Waals surface area (Å²) in [6, 6.07) is 0. The van der Waals surface area contributed by atoms with Crippen LogP contribution in [-0.4, -0.2) is 37.2 Å². The summed E-state index contributed by atoms with van der Waals surface area (Å²) in [6.45, 7) is 6.60. The third-order valence-electron chi connectivity index (χ3n) is 13.5. The van der Waals surface area contributed by atoms with Gasteiger partial charge in [-0.1, -0.05) is 268 Å². The monoisotopic (exact) mass is 993 g/mol. The van der Waals surface area contributed by atoms with Crippen molar-refractivity contribution in [3.8, 4) is 0 Å². The van der Waals surface area contributed by atoms with Crippen molar-refractivity contribution in [1.82, 2.24) is 0 Å². The van der Waals surface area contributed by atoms with Crippen LogP contribution < -0.4 is 0 Å². The van der Waals surface area contributed by atoms with Crippen LogP contribution in [0.15, 0.2) is 60.8 Å². The lowest BCUT2D eigenvalue weighted by molar-refractivity contribution is -0.167. The second kappa shape index (κ2) is 59.7. The van der Waals surface area contributed by atoms with E-state index in [1.54, 1.807) is 0 Å². The Bertz CT molecular complexity index is 1280. The average Bonchev–Trinajstić information content (AvgIpc) is 3.37. The molecule has 1 atom stereocenters. The Kier molecular flexibility index (Phi) is 57.2. The Morgan fingerprint density at radius 1 is 0.282 bits per heavy atom. The third-order valence-corrected chi connectivity index (χ3v) is 13.5. The highest BCUT2D eigenvalue weighted by atomic mass is 16.6. The normalized spacial score (nSPS) is 12.4. The van der Waals surface area contributed by atoms with E-state index in [0.29, 0.717) is 19.3 Å². The smallest absolute Gasteiger partial charge is 0.306 e. The Balaban J connectivity index is 4.39. The number of carbonyl (C=O) groups excluding carboxylic acids is 3. The zero-order valence-corrected chi connectivity index (χ0v) is 47.2. The van der Waals surface area contributed by atoms with Crippen molar-refractivity contribution < 1.29 is 28.6 Å². The van der Waals surface area contributed by atoms with Crippen LogP contribution in [-0.2, 0) is 28.6 Å². The highest BCUT2D eigenvalue weighted by Gasteiger charge is 2.19. The van der Waals surface area contributed by atoms with Gasteiger partial charge in [-0.05, 0) is 89.9 Å². The van der Waals surface area contributed by atoms with Gasteiger partial charge in [-0.25, -0.2) is 0 Å². The van der Waals surface area contributed by atoms with Gasteiger partial charge in [0, 0.05) is 19.3 Å². The van der Waals surface area contributed by atoms with Gasteiger partial charge in [0.2, 0.25) is 0 Å². The fourth-order valence-electron chi connectivity index (χ4n) is 8.83. The van der Waals surface area contributed by atoms with Crippen LogP contribution >= 0.6 is 0 Å². The fraction of sp³-hybridized carbons (Fsp3) is 0.800. The van der Waals surface area contributed by atoms with Crippen molar-refractivity contribution >= 4 is 17.9 Å². The first-order valence-corrected chi connectivity index (χ1v) is 30.8. The van der Waals surface area contributed by atoms with Gasteiger partial charge in [0.05, 0.1) is 0 Å². The summed E-state index contributed by atoms with van der Waals surface area (Å²) in [5.41, 5.74) is 0. The number of carbonyl (C=O) groups is 3. The first-order chi connectivity index (χ1) is 35.0. The van der Waals surface area contributed by atoms with E-state index < -0.39 is 6.10 Å². The molecule has 0 aliphatic carbocycles. The van der Waals surface area contributed by atoms with Gasteiger partial charge >= 0.3 is 17.9 Å². The molecule has 0 bridgehead atoms. The first kappa shape index (κ1) is 68.1. The summed E-state index contributed by atoms with van der Waals surface area (Å²) in [7, 11) is 0. The Labute approximate surface area is 440 Å². The first-order valence-electron chi connectivity index (χ1n) is 30.8. The van der Waals surface area contributed by atoms with Gasteiger partial charge in [0.25, 0.3) is 0 Å². The summed E-state index contributed by atoms with van der Waals surface area (Å²) < 4.78 is 16.9. The minimum atomic E-state index is -0.789. The maximum Gasteiger partial charge on any atom is 0.306 e. The predicted molar refractivity (Wildman–Crippen MR) is 307 cm³/mol. The second-order valence-corrected chi connectivity index (χ2v) is 20.6. The zero-order valence-electron chi connectivity index (χ0n) is 47.2. The number of unbranched alkanes of at least 4 members (excludes halogenated alkanes) is 35. The van der Waals surface area contributed by atoms with Crippen molar-refractivity contribution in [2.75, 3.05) is 13.2 Å². The molecule has 0 saturated carbocycles. The molecular formula is C65H116O6. The van der Waals surface area contributed by atoms with Crippen LogP contribution in [0.2, 0.25) is 0 Å². The highest BCUT2D eigenvalue weighted by molar-refractivity contribution is 5.71. The molecule has 0 spiro atoms. The minimum absolute atomic E-state index is 0.0831. The van der Waals surface area contributed by atoms with Crippen molar-refractivity contribution in [3.05, 3.63) is 60.8 Å². The highest BCUT2D eigenvalue weighted by Crippen LogP contribution is 2.17. The largest absolute Gasteiger partial charge is 0.462 e. The van der Waals surface area contributed by atoms with Gasteiger partial charge in [0.1, 0.15) is 13.2 Å². The molecule has 0 fully saturated rings. The third kappa shape index (κ3) is 57.9. The fourth-order valence-corrected chi connectivity index (χ4v) is 8.83. The molecule has 0 unspecified atom stereocenters. The summed E-state index contributed by atoms with van der Waals surface area (Å²) in [6.07, 6.45) is 75.0. The van der Waals surface area contributed by atoms with Gasteiger partial charge in [-0.3, -0.25) is 14.4 Å². The molecule has 0 heterocycles. The topological polar surface area (TPSA) is 78.9 Å². The van der Waals surface area contributed by atoms with Crippen molar-refractivity contribution in [2.24, 2.45) is 0 Å². The van der Waals surface area contributed by atoms with E-state index in [1.165, 1.54) is 180 Å². The molecule has 0 aromatic rings. The van der Waals surface area contributed by atoms with Crippen LogP contribution in [0.1, 0.15) is 316 Å². The Hall–Kier alpha value is -2.89. The number of allylic oxidation sites excluding steroid dienone is 10. The van der Waals surface area contributed by atoms with E-state index >= 15 is 0 Å². The molecule has 6 nitrogen and oxygen atoms in total. The molecule has 0 aromatic carbocycles. The molecular weight excluding hydrogens is 877 g/mol. The van der Waals surface area contributed by atoms with Crippen LogP contribution in [0.3, 0.4) is 0 Å². The van der Waals surface area contributed by atoms with Crippen LogP contribution in [0, 0.1) is 0 Å². The van der Waals surface area contributed by atoms with Gasteiger partial charge in [-0.2, -0.15) is 0 Å². The SMILES string of the molecule is CCCCC/C=C/C/C=C/C/C=C/CCCCCCC(=O)O[C@H](COC(=O)CCCCCCCCC/C=C/C/C=C/CCCCC)COC(=O)CCCCCCCCCCCCCCCCCCCCC. The van der Waals surface area contributed by atoms with E-state index in [0.717, 1.165) is 96.3 Å². The molecule has 0 aliphatic heterocycles. The standard InChI is InChI=1S/C65H116O6/c1-4-7-10-13-16-19-22-25-28-31-32-35-37-40-43-46-49-52-55-58-64(67)70-61-62(71-65(68)59-56-53-50-47-44-41-38-34-30-27-24-21-18-15-12-9-6-3)60-69-63(66)57-54-51-48-45-42-39-36-33-29-26-23-20-17-14-11-8-5-2/h17-18,20-21,26-27,29-30,38,41,62H,4-16,19,22-25,28,31-37,39-40,42-61H2,1-3H3/b20-17+,21-18+,29-26+,30-27+,41-38+/t62-/m1/s1. The van der Waals surface area contributed by atoms with Crippen molar-refractivity contribution in [2.45, 2.75) is 322 Å². The summed E-state index contributed by atoms with van der Waals surface area (Å²) >= 11 is 0. The van der Waals surface area contributed by atoms with Crippen molar-refractivity contribution in [3.63, 3.8) is 0 Å². The van der Waals surface area contributed by atoms with E-state index in [1.807, 2.05) is 0 Å². The molecule has 0 radical (unpaired) electrons. The van der Waals surface area contributed by atoms with Gasteiger partial charge in [-0.15, -0.1) is 0 Å². The lowest BCUT2D eigenvalue weighted by Gasteiger charge is -2.18. The lowest BCUT2D eigenvalue weighted by atomic mass is 10.0. The van der Waals surface area contributed by atoms with E-state index in [4.69, 9.17) is 14.2 Å². The number of ether oxygens (including phenoxy) is 3. The molecule has 6 heteroatoms. The molecule has 0 rings (SSSR count).